The first-order chi connectivity index (χ1) is 15.5. The number of ether oxygens (including phenoxy) is 2. The summed E-state index contributed by atoms with van der Waals surface area (Å²) in [5.41, 5.74) is -0.327. The van der Waals surface area contributed by atoms with Gasteiger partial charge in [-0.3, -0.25) is 14.9 Å². The number of rotatable bonds is 6. The Morgan fingerprint density at radius 3 is 2.64 bits per heavy atom. The van der Waals surface area contributed by atoms with Gasteiger partial charge in [0.1, 0.15) is 5.82 Å². The van der Waals surface area contributed by atoms with Crippen molar-refractivity contribution in [3.05, 3.63) is 72.7 Å². The number of aromatic nitrogens is 2. The zero-order valence-corrected chi connectivity index (χ0v) is 20.0. The molecular formula is C22H21BrN4O6. The quantitative estimate of drug-likeness (QED) is 0.211. The molecule has 3 rings (SSSR count). The lowest BCUT2D eigenvalue weighted by atomic mass is 9.95. The molecule has 3 aromatic rings. The lowest BCUT2D eigenvalue weighted by molar-refractivity contribution is -0.385. The Labute approximate surface area is 197 Å². The minimum Gasteiger partial charge on any atom is -0.475 e. The average molecular weight is 517 g/mol. The molecule has 0 aliphatic rings. The van der Waals surface area contributed by atoms with Crippen molar-refractivity contribution in [2.45, 2.75) is 26.2 Å². The van der Waals surface area contributed by atoms with Crippen LogP contribution in [0.4, 0.5) is 5.69 Å². The molecule has 0 N–H and O–H groups in total. The molecule has 0 aliphatic heterocycles. The van der Waals surface area contributed by atoms with E-state index in [4.69, 9.17) is 4.74 Å². The van der Waals surface area contributed by atoms with Crippen LogP contribution in [0.1, 0.15) is 32.2 Å². The van der Waals surface area contributed by atoms with E-state index in [-0.39, 0.29) is 17.0 Å². The van der Waals surface area contributed by atoms with E-state index in [9.17, 15) is 19.7 Å². The number of fused-ring (bicyclic) bond motifs is 1. The van der Waals surface area contributed by atoms with Crippen LogP contribution < -0.4 is 10.3 Å². The maximum Gasteiger partial charge on any atom is 0.343 e. The van der Waals surface area contributed by atoms with E-state index >= 15 is 0 Å². The third kappa shape index (κ3) is 5.43. The van der Waals surface area contributed by atoms with Crippen LogP contribution in [0.2, 0.25) is 0 Å². The second-order valence-electron chi connectivity index (χ2n) is 8.06. The van der Waals surface area contributed by atoms with Crippen LogP contribution in [-0.2, 0) is 14.9 Å². The lowest BCUT2D eigenvalue weighted by Crippen LogP contribution is -2.29. The Kier molecular flexibility index (Phi) is 6.92. The highest BCUT2D eigenvalue weighted by molar-refractivity contribution is 9.10. The lowest BCUT2D eigenvalue weighted by Gasteiger charge is -2.20. The van der Waals surface area contributed by atoms with Crippen LogP contribution in [0.25, 0.3) is 10.9 Å². The van der Waals surface area contributed by atoms with Gasteiger partial charge in [0.05, 0.1) is 29.2 Å². The van der Waals surface area contributed by atoms with Crippen molar-refractivity contribution in [3.63, 3.8) is 0 Å². The molecule has 0 bridgehead atoms. The van der Waals surface area contributed by atoms with Crippen LogP contribution in [0.15, 0.2) is 50.8 Å². The molecule has 33 heavy (non-hydrogen) atoms. The summed E-state index contributed by atoms with van der Waals surface area (Å²) in [4.78, 5) is 39.9. The van der Waals surface area contributed by atoms with Crippen molar-refractivity contribution >= 4 is 44.7 Å². The van der Waals surface area contributed by atoms with Gasteiger partial charge in [-0.15, -0.1) is 0 Å². The minimum absolute atomic E-state index is 0.0904. The van der Waals surface area contributed by atoms with Crippen molar-refractivity contribution < 1.29 is 19.2 Å². The smallest absolute Gasteiger partial charge is 0.343 e. The van der Waals surface area contributed by atoms with E-state index in [1.165, 1.54) is 36.2 Å². The van der Waals surface area contributed by atoms with Gasteiger partial charge in [-0.25, -0.2) is 9.78 Å². The Morgan fingerprint density at radius 1 is 1.27 bits per heavy atom. The third-order valence-corrected chi connectivity index (χ3v) is 5.05. The fraction of sp³-hybridized carbons (Fsp3) is 0.273. The van der Waals surface area contributed by atoms with Crippen LogP contribution in [0.3, 0.4) is 0 Å². The number of nitro benzene ring substituents is 1. The molecule has 0 saturated carbocycles. The molecule has 0 fully saturated rings. The molecule has 11 heteroatoms. The second kappa shape index (κ2) is 9.49. The number of carbonyl (C=O) groups excluding carboxylic acids is 1. The average Bonchev–Trinajstić information content (AvgIpc) is 2.76. The third-order valence-electron chi connectivity index (χ3n) is 4.55. The number of halogens is 1. The minimum atomic E-state index is -0.667. The molecule has 10 nitrogen and oxygen atoms in total. The molecule has 2 aromatic carbocycles. The Morgan fingerprint density at radius 2 is 2.00 bits per heavy atom. The molecule has 0 spiro atoms. The van der Waals surface area contributed by atoms with E-state index in [0.717, 1.165) is 4.47 Å². The van der Waals surface area contributed by atoms with Gasteiger partial charge in [-0.05, 0) is 30.3 Å². The molecule has 172 valence electrons. The van der Waals surface area contributed by atoms with Gasteiger partial charge in [0, 0.05) is 21.5 Å². The van der Waals surface area contributed by atoms with Crippen LogP contribution in [0.5, 0.6) is 5.75 Å². The molecule has 0 amide bonds. The Balaban J connectivity index is 2.07. The Bertz CT molecular complexity index is 1330. The summed E-state index contributed by atoms with van der Waals surface area (Å²) in [6.45, 7) is 5.25. The molecule has 0 unspecified atom stereocenters. The summed E-state index contributed by atoms with van der Waals surface area (Å²) in [5, 5.41) is 16.2. The van der Waals surface area contributed by atoms with Gasteiger partial charge in [-0.1, -0.05) is 36.7 Å². The van der Waals surface area contributed by atoms with Crippen molar-refractivity contribution in [2.24, 2.45) is 5.10 Å². The van der Waals surface area contributed by atoms with Crippen LogP contribution >= 0.6 is 15.9 Å². The first-order valence-corrected chi connectivity index (χ1v) is 10.6. The predicted molar refractivity (Wildman–Crippen MR) is 126 cm³/mol. The van der Waals surface area contributed by atoms with E-state index < -0.39 is 22.9 Å². The zero-order chi connectivity index (χ0) is 24.3. The maximum atomic E-state index is 13.2. The predicted octanol–water partition coefficient (Wildman–Crippen LogP) is 3.80. The number of benzene rings is 2. The van der Waals surface area contributed by atoms with Gasteiger partial charge >= 0.3 is 11.7 Å². The number of hydrogen-bond donors (Lipinski definition) is 0. The molecule has 1 heterocycles. The summed E-state index contributed by atoms with van der Waals surface area (Å²) >= 11 is 3.36. The fourth-order valence-corrected chi connectivity index (χ4v) is 3.30. The molecule has 1 aromatic heterocycles. The van der Waals surface area contributed by atoms with Crippen molar-refractivity contribution in [1.82, 2.24) is 9.66 Å². The number of nitrogens with zero attached hydrogens (tertiary/aromatic N) is 4. The number of esters is 1. The van der Waals surface area contributed by atoms with Gasteiger partial charge in [0.25, 0.3) is 5.56 Å². The summed E-state index contributed by atoms with van der Waals surface area (Å²) < 4.78 is 11.6. The second-order valence-corrected chi connectivity index (χ2v) is 8.97. The highest BCUT2D eigenvalue weighted by Crippen LogP contribution is 2.28. The standard InChI is InChI=1S/C22H21BrN4O6/c1-22(2,3)21-25-16-7-6-14(23)10-15(16)20(29)26(21)24-11-13-5-8-18(17(9-13)27(30)31)33-12-19(28)32-4/h5-11H,12H2,1-4H3. The molecule has 0 atom stereocenters. The first kappa shape index (κ1) is 24.1. The van der Waals surface area contributed by atoms with E-state index in [1.807, 2.05) is 20.8 Å². The van der Waals surface area contributed by atoms with Crippen LogP contribution in [0, 0.1) is 10.1 Å². The van der Waals surface area contributed by atoms with E-state index in [1.54, 1.807) is 18.2 Å². The topological polar surface area (TPSA) is 126 Å². The largest absolute Gasteiger partial charge is 0.475 e. The van der Waals surface area contributed by atoms with Crippen LogP contribution in [-0.4, -0.2) is 40.5 Å². The van der Waals surface area contributed by atoms with Gasteiger partial charge in [0.2, 0.25) is 0 Å². The molecule has 0 aliphatic carbocycles. The van der Waals surface area contributed by atoms with Gasteiger partial charge in [0.15, 0.2) is 12.4 Å². The number of hydrogen-bond acceptors (Lipinski definition) is 8. The summed E-state index contributed by atoms with van der Waals surface area (Å²) in [6.07, 6.45) is 1.33. The summed E-state index contributed by atoms with van der Waals surface area (Å²) in [7, 11) is 1.19. The molecule has 0 radical (unpaired) electrons. The van der Waals surface area contributed by atoms with Gasteiger partial charge < -0.3 is 9.47 Å². The monoisotopic (exact) mass is 516 g/mol. The molecular weight excluding hydrogens is 496 g/mol. The molecule has 0 saturated heterocycles. The summed E-state index contributed by atoms with van der Waals surface area (Å²) in [6, 6.07) is 9.34. The van der Waals surface area contributed by atoms with E-state index in [0.29, 0.717) is 22.3 Å². The normalized spacial score (nSPS) is 11.7. The van der Waals surface area contributed by atoms with Crippen molar-refractivity contribution in [1.29, 1.82) is 0 Å². The number of carbonyl (C=O) groups is 1. The zero-order valence-electron chi connectivity index (χ0n) is 18.4. The SMILES string of the molecule is COC(=O)COc1ccc(C=Nn2c(C(C)(C)C)nc3ccc(Br)cc3c2=O)cc1[N+](=O)[O-]. The fourth-order valence-electron chi connectivity index (χ4n) is 2.94. The highest BCUT2D eigenvalue weighted by atomic mass is 79.9. The Hall–Kier alpha value is -3.60. The van der Waals surface area contributed by atoms with Crippen molar-refractivity contribution in [3.8, 4) is 5.75 Å². The summed E-state index contributed by atoms with van der Waals surface area (Å²) in [5.74, 6) is -0.321. The number of nitro groups is 1. The van der Waals surface area contributed by atoms with Crippen molar-refractivity contribution in [2.75, 3.05) is 13.7 Å². The number of methoxy groups -OCH3 is 1. The maximum absolute atomic E-state index is 13.2. The van der Waals surface area contributed by atoms with E-state index in [2.05, 4.69) is 30.8 Å². The highest BCUT2D eigenvalue weighted by Gasteiger charge is 2.23. The van der Waals surface area contributed by atoms with Gasteiger partial charge in [-0.2, -0.15) is 9.78 Å². The first-order valence-electron chi connectivity index (χ1n) is 9.76.